The zero-order chi connectivity index (χ0) is 12.0. The summed E-state index contributed by atoms with van der Waals surface area (Å²) in [5.41, 5.74) is 1.12. The molecule has 0 bridgehead atoms. The SMILES string of the molecule is COc1ccc2c3c([nH]c2c1)C(=O)N=NC3=O. The number of benzene rings is 1. The Morgan fingerprint density at radius 3 is 2.71 bits per heavy atom. The van der Waals surface area contributed by atoms with Gasteiger partial charge in [0, 0.05) is 11.5 Å². The van der Waals surface area contributed by atoms with Crippen LogP contribution in [0, 0.1) is 0 Å². The van der Waals surface area contributed by atoms with Crippen LogP contribution >= 0.6 is 0 Å². The molecule has 0 unspecified atom stereocenters. The van der Waals surface area contributed by atoms with Gasteiger partial charge in [0.25, 0.3) is 5.91 Å². The van der Waals surface area contributed by atoms with Gasteiger partial charge in [-0.3, -0.25) is 9.59 Å². The van der Waals surface area contributed by atoms with E-state index < -0.39 is 11.8 Å². The molecule has 6 heteroatoms. The van der Waals surface area contributed by atoms with Crippen molar-refractivity contribution in [1.29, 1.82) is 0 Å². The van der Waals surface area contributed by atoms with E-state index in [1.165, 1.54) is 0 Å². The number of aromatic amines is 1. The average Bonchev–Trinajstić information content (AvgIpc) is 2.73. The number of rotatable bonds is 1. The van der Waals surface area contributed by atoms with Crippen LogP contribution in [0.15, 0.2) is 28.4 Å². The number of carbonyl (C=O) groups excluding carboxylic acids is 2. The molecular weight excluding hydrogens is 222 g/mol. The first-order valence-electron chi connectivity index (χ1n) is 4.91. The van der Waals surface area contributed by atoms with E-state index in [1.54, 1.807) is 25.3 Å². The lowest BCUT2D eigenvalue weighted by Crippen LogP contribution is -2.09. The van der Waals surface area contributed by atoms with E-state index in [9.17, 15) is 9.59 Å². The molecular formula is C11H7N3O3. The molecule has 0 saturated heterocycles. The number of H-pyrrole nitrogens is 1. The topological polar surface area (TPSA) is 83.9 Å². The van der Waals surface area contributed by atoms with Gasteiger partial charge in [0.05, 0.1) is 18.2 Å². The Labute approximate surface area is 95.3 Å². The number of fused-ring (bicyclic) bond motifs is 3. The zero-order valence-electron chi connectivity index (χ0n) is 8.85. The fourth-order valence-corrected chi connectivity index (χ4v) is 1.88. The number of nitrogens with one attached hydrogen (secondary N) is 1. The van der Waals surface area contributed by atoms with Crippen molar-refractivity contribution in [3.05, 3.63) is 29.5 Å². The lowest BCUT2D eigenvalue weighted by molar-refractivity contribution is 0.0919. The van der Waals surface area contributed by atoms with Gasteiger partial charge in [0.15, 0.2) is 0 Å². The Kier molecular flexibility index (Phi) is 1.85. The third-order valence-corrected chi connectivity index (χ3v) is 2.67. The summed E-state index contributed by atoms with van der Waals surface area (Å²) in [4.78, 5) is 25.9. The summed E-state index contributed by atoms with van der Waals surface area (Å²) >= 11 is 0. The third kappa shape index (κ3) is 1.27. The summed E-state index contributed by atoms with van der Waals surface area (Å²) in [5.74, 6) is -0.393. The van der Waals surface area contributed by atoms with Crippen LogP contribution in [0.5, 0.6) is 5.75 Å². The lowest BCUT2D eigenvalue weighted by atomic mass is 10.1. The van der Waals surface area contributed by atoms with Crippen LogP contribution in [0.4, 0.5) is 0 Å². The molecule has 0 radical (unpaired) electrons. The molecule has 1 aromatic carbocycles. The van der Waals surface area contributed by atoms with Crippen molar-refractivity contribution in [3.63, 3.8) is 0 Å². The van der Waals surface area contributed by atoms with Crippen molar-refractivity contribution in [3.8, 4) is 5.75 Å². The van der Waals surface area contributed by atoms with Crippen molar-refractivity contribution in [1.82, 2.24) is 4.98 Å². The Morgan fingerprint density at radius 2 is 1.94 bits per heavy atom. The minimum absolute atomic E-state index is 0.188. The highest BCUT2D eigenvalue weighted by molar-refractivity contribution is 6.18. The predicted molar refractivity (Wildman–Crippen MR) is 58.4 cm³/mol. The summed E-state index contributed by atoms with van der Waals surface area (Å²) in [7, 11) is 1.55. The van der Waals surface area contributed by atoms with Gasteiger partial charge in [-0.1, -0.05) is 0 Å². The van der Waals surface area contributed by atoms with E-state index in [-0.39, 0.29) is 11.3 Å². The number of hydrogen-bond acceptors (Lipinski definition) is 3. The molecule has 3 rings (SSSR count). The first-order valence-corrected chi connectivity index (χ1v) is 4.91. The molecule has 2 amide bonds. The van der Waals surface area contributed by atoms with E-state index in [2.05, 4.69) is 15.2 Å². The van der Waals surface area contributed by atoms with Gasteiger partial charge in [0.1, 0.15) is 11.4 Å². The van der Waals surface area contributed by atoms with E-state index in [4.69, 9.17) is 4.74 Å². The summed E-state index contributed by atoms with van der Waals surface area (Å²) in [6, 6.07) is 5.16. The maximum absolute atomic E-state index is 11.6. The lowest BCUT2D eigenvalue weighted by Gasteiger charge is -2.00. The number of carbonyl (C=O) groups is 2. The van der Waals surface area contributed by atoms with Crippen LogP contribution in [0.3, 0.4) is 0 Å². The molecule has 0 atom stereocenters. The average molecular weight is 229 g/mol. The van der Waals surface area contributed by atoms with Crippen LogP contribution in [-0.4, -0.2) is 23.9 Å². The van der Waals surface area contributed by atoms with Gasteiger partial charge in [-0.15, -0.1) is 10.2 Å². The maximum atomic E-state index is 11.6. The van der Waals surface area contributed by atoms with Gasteiger partial charge < -0.3 is 9.72 Å². The van der Waals surface area contributed by atoms with Gasteiger partial charge in [-0.05, 0) is 12.1 Å². The van der Waals surface area contributed by atoms with Gasteiger partial charge in [0.2, 0.25) is 0 Å². The molecule has 17 heavy (non-hydrogen) atoms. The number of methoxy groups -OCH3 is 1. The van der Waals surface area contributed by atoms with Crippen molar-refractivity contribution in [2.24, 2.45) is 10.2 Å². The number of amides is 2. The quantitative estimate of drug-likeness (QED) is 0.810. The van der Waals surface area contributed by atoms with E-state index in [1.807, 2.05) is 0 Å². The second-order valence-electron chi connectivity index (χ2n) is 3.60. The fourth-order valence-electron chi connectivity index (χ4n) is 1.88. The number of nitrogens with zero attached hydrogens (tertiary/aromatic N) is 2. The molecule has 6 nitrogen and oxygen atoms in total. The van der Waals surface area contributed by atoms with Crippen LogP contribution in [0.25, 0.3) is 10.9 Å². The highest BCUT2D eigenvalue weighted by atomic mass is 16.5. The molecule has 0 spiro atoms. The smallest absolute Gasteiger partial charge is 0.312 e. The highest BCUT2D eigenvalue weighted by Gasteiger charge is 2.27. The predicted octanol–water partition coefficient (Wildman–Crippen LogP) is 1.92. The van der Waals surface area contributed by atoms with Crippen molar-refractivity contribution in [2.45, 2.75) is 0 Å². The zero-order valence-corrected chi connectivity index (χ0v) is 8.85. The van der Waals surface area contributed by atoms with Gasteiger partial charge in [-0.2, -0.15) is 0 Å². The molecule has 84 valence electrons. The Morgan fingerprint density at radius 1 is 1.18 bits per heavy atom. The monoisotopic (exact) mass is 229 g/mol. The number of aromatic nitrogens is 1. The molecule has 0 aliphatic carbocycles. The maximum Gasteiger partial charge on any atom is 0.312 e. The molecule has 0 fully saturated rings. The minimum Gasteiger partial charge on any atom is -0.497 e. The molecule has 1 N–H and O–H groups in total. The Balaban J connectivity index is 2.35. The van der Waals surface area contributed by atoms with Crippen LogP contribution < -0.4 is 4.74 Å². The summed E-state index contributed by atoms with van der Waals surface area (Å²) in [6.07, 6.45) is 0. The van der Waals surface area contributed by atoms with E-state index >= 15 is 0 Å². The molecule has 1 aliphatic heterocycles. The highest BCUT2D eigenvalue weighted by Crippen LogP contribution is 2.29. The second kappa shape index (κ2) is 3.24. The number of azo groups is 1. The molecule has 1 aliphatic rings. The fraction of sp³-hybridized carbons (Fsp3) is 0.0909. The van der Waals surface area contributed by atoms with Crippen molar-refractivity contribution in [2.75, 3.05) is 7.11 Å². The normalized spacial score (nSPS) is 14.2. The van der Waals surface area contributed by atoms with Crippen LogP contribution in [0.1, 0.15) is 20.8 Å². The number of hydrogen-bond donors (Lipinski definition) is 1. The first kappa shape index (κ1) is 9.71. The Hall–Kier alpha value is -2.50. The standard InChI is InChI=1S/C11H7N3O3/c1-17-5-2-3-6-7(4-5)12-9-8(6)10(15)13-14-11(9)16/h2-4,12H,1H3. The third-order valence-electron chi connectivity index (χ3n) is 2.67. The molecule has 0 saturated carbocycles. The molecule has 2 aromatic rings. The first-order chi connectivity index (χ1) is 8.20. The van der Waals surface area contributed by atoms with E-state index in [0.29, 0.717) is 16.7 Å². The number of ether oxygens (including phenoxy) is 1. The van der Waals surface area contributed by atoms with E-state index in [0.717, 1.165) is 0 Å². The van der Waals surface area contributed by atoms with Gasteiger partial charge in [-0.25, -0.2) is 0 Å². The van der Waals surface area contributed by atoms with Crippen LogP contribution in [0.2, 0.25) is 0 Å². The van der Waals surface area contributed by atoms with Crippen molar-refractivity contribution >= 4 is 22.7 Å². The second-order valence-corrected chi connectivity index (χ2v) is 3.60. The Bertz CT molecular complexity index is 685. The van der Waals surface area contributed by atoms with Gasteiger partial charge >= 0.3 is 5.91 Å². The van der Waals surface area contributed by atoms with Crippen molar-refractivity contribution < 1.29 is 14.3 Å². The molecule has 2 heterocycles. The molecule has 1 aromatic heterocycles. The summed E-state index contributed by atoms with van der Waals surface area (Å²) in [5, 5.41) is 7.22. The minimum atomic E-state index is -0.533. The summed E-state index contributed by atoms with van der Waals surface area (Å²) < 4.78 is 5.07. The van der Waals surface area contributed by atoms with Crippen LogP contribution in [-0.2, 0) is 0 Å². The largest absolute Gasteiger partial charge is 0.497 e. The summed E-state index contributed by atoms with van der Waals surface area (Å²) in [6.45, 7) is 0.